The monoisotopic (exact) mass is 286 g/mol. The molecule has 1 rings (SSSR count). The molecule has 1 aromatic carbocycles. The van der Waals surface area contributed by atoms with Gasteiger partial charge in [0.1, 0.15) is 5.75 Å². The average molecular weight is 287 g/mol. The van der Waals surface area contributed by atoms with Crippen molar-refractivity contribution in [2.45, 2.75) is 12.8 Å². The molecule has 0 aliphatic carbocycles. The zero-order valence-electron chi connectivity index (χ0n) is 9.46. The first kappa shape index (κ1) is 13.0. The first-order valence-corrected chi connectivity index (χ1v) is 6.16. The summed E-state index contributed by atoms with van der Waals surface area (Å²) in [6.45, 7) is 0. The number of methoxy groups -OCH3 is 2. The van der Waals surface area contributed by atoms with Gasteiger partial charge in [-0.2, -0.15) is 0 Å². The van der Waals surface area contributed by atoms with Crippen LogP contribution in [-0.4, -0.2) is 25.5 Å². The van der Waals surface area contributed by atoms with Gasteiger partial charge >= 0.3 is 5.97 Å². The van der Waals surface area contributed by atoms with Crippen LogP contribution >= 0.6 is 15.9 Å². The van der Waals surface area contributed by atoms with Crippen LogP contribution in [0, 0.1) is 0 Å². The van der Waals surface area contributed by atoms with Crippen molar-refractivity contribution < 1.29 is 14.3 Å². The standard InChI is InChI=1S/C12H15BrO3/c1-15-11-6-5-10(12(14)16-2)8-9(11)4-3-7-13/h5-6,8H,3-4,7H2,1-2H3. The quantitative estimate of drug-likeness (QED) is 0.617. The van der Waals surface area contributed by atoms with Crippen LogP contribution in [0.4, 0.5) is 0 Å². The molecule has 0 fully saturated rings. The van der Waals surface area contributed by atoms with Gasteiger partial charge in [0.05, 0.1) is 19.8 Å². The molecule has 16 heavy (non-hydrogen) atoms. The van der Waals surface area contributed by atoms with Crippen molar-refractivity contribution in [2.24, 2.45) is 0 Å². The molecule has 0 spiro atoms. The summed E-state index contributed by atoms with van der Waals surface area (Å²) in [5.74, 6) is 0.497. The lowest BCUT2D eigenvalue weighted by molar-refractivity contribution is 0.0600. The number of rotatable bonds is 5. The van der Waals surface area contributed by atoms with Crippen molar-refractivity contribution in [3.8, 4) is 5.75 Å². The van der Waals surface area contributed by atoms with E-state index in [1.54, 1.807) is 19.2 Å². The van der Waals surface area contributed by atoms with Crippen molar-refractivity contribution in [3.63, 3.8) is 0 Å². The molecule has 3 nitrogen and oxygen atoms in total. The lowest BCUT2D eigenvalue weighted by Gasteiger charge is -2.09. The van der Waals surface area contributed by atoms with Crippen molar-refractivity contribution in [2.75, 3.05) is 19.5 Å². The van der Waals surface area contributed by atoms with Crippen LogP contribution in [0.15, 0.2) is 18.2 Å². The minimum atomic E-state index is -0.317. The van der Waals surface area contributed by atoms with E-state index in [2.05, 4.69) is 20.7 Å². The molecule has 4 heteroatoms. The maximum Gasteiger partial charge on any atom is 0.337 e. The SMILES string of the molecule is COC(=O)c1ccc(OC)c(CCCBr)c1. The Bertz CT molecular complexity index is 363. The molecule has 1 aromatic rings. The zero-order chi connectivity index (χ0) is 12.0. The van der Waals surface area contributed by atoms with Gasteiger partial charge in [-0.25, -0.2) is 4.79 Å². The summed E-state index contributed by atoms with van der Waals surface area (Å²) in [6, 6.07) is 5.34. The first-order valence-electron chi connectivity index (χ1n) is 5.04. The normalized spacial score (nSPS) is 9.94. The third-order valence-corrected chi connectivity index (χ3v) is 2.84. The highest BCUT2D eigenvalue weighted by Crippen LogP contribution is 2.22. The Morgan fingerprint density at radius 2 is 2.12 bits per heavy atom. The Labute approximate surface area is 104 Å². The first-order chi connectivity index (χ1) is 7.72. The molecule has 0 bridgehead atoms. The fourth-order valence-electron chi connectivity index (χ4n) is 1.48. The van der Waals surface area contributed by atoms with Crippen LogP contribution in [-0.2, 0) is 11.2 Å². The van der Waals surface area contributed by atoms with E-state index < -0.39 is 0 Å². The number of halogens is 1. The minimum absolute atomic E-state index is 0.317. The molecular formula is C12H15BrO3. The second kappa shape index (κ2) is 6.53. The summed E-state index contributed by atoms with van der Waals surface area (Å²) < 4.78 is 9.92. The van der Waals surface area contributed by atoms with Gasteiger partial charge in [0.2, 0.25) is 0 Å². The van der Waals surface area contributed by atoms with Gasteiger partial charge in [0.15, 0.2) is 0 Å². The van der Waals surface area contributed by atoms with Crippen molar-refractivity contribution in [3.05, 3.63) is 29.3 Å². The van der Waals surface area contributed by atoms with Crippen LogP contribution in [0.5, 0.6) is 5.75 Å². The molecule has 0 unspecified atom stereocenters. The van der Waals surface area contributed by atoms with Crippen molar-refractivity contribution in [1.82, 2.24) is 0 Å². The molecule has 88 valence electrons. The number of ether oxygens (including phenoxy) is 2. The highest BCUT2D eigenvalue weighted by atomic mass is 79.9. The molecule has 0 aliphatic heterocycles. The summed E-state index contributed by atoms with van der Waals surface area (Å²) in [7, 11) is 3.01. The van der Waals surface area contributed by atoms with Crippen LogP contribution in [0.25, 0.3) is 0 Å². The predicted octanol–water partition coefficient (Wildman–Crippen LogP) is 2.81. The van der Waals surface area contributed by atoms with Gasteiger partial charge in [0.25, 0.3) is 0 Å². The van der Waals surface area contributed by atoms with Gasteiger partial charge in [-0.1, -0.05) is 15.9 Å². The fourth-order valence-corrected chi connectivity index (χ4v) is 1.76. The molecule has 0 N–H and O–H groups in total. The molecule has 0 amide bonds. The van der Waals surface area contributed by atoms with Gasteiger partial charge in [-0.3, -0.25) is 0 Å². The van der Waals surface area contributed by atoms with Gasteiger partial charge < -0.3 is 9.47 Å². The highest BCUT2D eigenvalue weighted by molar-refractivity contribution is 9.09. The molecule has 0 saturated carbocycles. The van der Waals surface area contributed by atoms with E-state index in [0.717, 1.165) is 29.5 Å². The lowest BCUT2D eigenvalue weighted by Crippen LogP contribution is -2.03. The molecule has 0 aliphatic rings. The number of benzene rings is 1. The summed E-state index contributed by atoms with van der Waals surface area (Å²) in [6.07, 6.45) is 1.88. The highest BCUT2D eigenvalue weighted by Gasteiger charge is 2.09. The molecule has 0 saturated heterocycles. The van der Waals surface area contributed by atoms with E-state index in [4.69, 9.17) is 4.74 Å². The van der Waals surface area contributed by atoms with E-state index in [1.165, 1.54) is 7.11 Å². The Morgan fingerprint density at radius 1 is 1.38 bits per heavy atom. The van der Waals surface area contributed by atoms with E-state index in [-0.39, 0.29) is 5.97 Å². The smallest absolute Gasteiger partial charge is 0.337 e. The third-order valence-electron chi connectivity index (χ3n) is 2.28. The van der Waals surface area contributed by atoms with Crippen LogP contribution in [0.1, 0.15) is 22.3 Å². The number of alkyl halides is 1. The topological polar surface area (TPSA) is 35.5 Å². The van der Waals surface area contributed by atoms with Crippen LogP contribution in [0.2, 0.25) is 0 Å². The summed E-state index contributed by atoms with van der Waals surface area (Å²) in [5.41, 5.74) is 1.60. The zero-order valence-corrected chi connectivity index (χ0v) is 11.0. The summed E-state index contributed by atoms with van der Waals surface area (Å²) in [5, 5.41) is 0.929. The van der Waals surface area contributed by atoms with E-state index in [1.807, 2.05) is 6.07 Å². The number of hydrogen-bond acceptors (Lipinski definition) is 3. The maximum absolute atomic E-state index is 11.4. The lowest BCUT2D eigenvalue weighted by atomic mass is 10.1. The fraction of sp³-hybridized carbons (Fsp3) is 0.417. The van der Waals surface area contributed by atoms with Gasteiger partial charge in [0, 0.05) is 5.33 Å². The van der Waals surface area contributed by atoms with Crippen LogP contribution in [0.3, 0.4) is 0 Å². The van der Waals surface area contributed by atoms with E-state index >= 15 is 0 Å². The molecular weight excluding hydrogens is 272 g/mol. The van der Waals surface area contributed by atoms with Gasteiger partial charge in [-0.05, 0) is 36.6 Å². The van der Waals surface area contributed by atoms with E-state index in [9.17, 15) is 4.79 Å². The summed E-state index contributed by atoms with van der Waals surface area (Å²) in [4.78, 5) is 11.4. The maximum atomic E-state index is 11.4. The number of carbonyl (C=O) groups excluding carboxylic acids is 1. The number of aryl methyl sites for hydroxylation is 1. The second-order valence-corrected chi connectivity index (χ2v) is 4.10. The number of hydrogen-bond donors (Lipinski definition) is 0. The average Bonchev–Trinajstić information content (AvgIpc) is 2.34. The Balaban J connectivity index is 2.96. The van der Waals surface area contributed by atoms with Crippen molar-refractivity contribution in [1.29, 1.82) is 0 Å². The molecule has 0 heterocycles. The Hall–Kier alpha value is -1.03. The largest absolute Gasteiger partial charge is 0.496 e. The van der Waals surface area contributed by atoms with Crippen LogP contribution < -0.4 is 4.74 Å². The van der Waals surface area contributed by atoms with Crippen molar-refractivity contribution >= 4 is 21.9 Å². The Kier molecular flexibility index (Phi) is 5.32. The van der Waals surface area contributed by atoms with Gasteiger partial charge in [-0.15, -0.1) is 0 Å². The molecule has 0 atom stereocenters. The third kappa shape index (κ3) is 3.23. The second-order valence-electron chi connectivity index (χ2n) is 3.31. The number of esters is 1. The van der Waals surface area contributed by atoms with E-state index in [0.29, 0.717) is 5.56 Å². The molecule has 0 radical (unpaired) electrons. The predicted molar refractivity (Wildman–Crippen MR) is 66.4 cm³/mol. The number of carbonyl (C=O) groups is 1. The Morgan fingerprint density at radius 3 is 2.69 bits per heavy atom. The summed E-state index contributed by atoms with van der Waals surface area (Å²) >= 11 is 3.38. The minimum Gasteiger partial charge on any atom is -0.496 e. The molecule has 0 aromatic heterocycles.